The highest BCUT2D eigenvalue weighted by Crippen LogP contribution is 2.37. The first-order valence-electron chi connectivity index (χ1n) is 5.48. The van der Waals surface area contributed by atoms with E-state index in [-0.39, 0.29) is 0 Å². The van der Waals surface area contributed by atoms with Gasteiger partial charge in [0.1, 0.15) is 5.75 Å². The molecule has 0 amide bonds. The molecule has 3 rings (SSSR count). The Hall–Kier alpha value is -1.80. The predicted octanol–water partition coefficient (Wildman–Crippen LogP) is 4.58. The molecule has 0 N–H and O–H groups in total. The van der Waals surface area contributed by atoms with Crippen LogP contribution in [0.4, 0.5) is 0 Å². The fourth-order valence-electron chi connectivity index (χ4n) is 2.13. The maximum atomic E-state index is 5.48. The highest BCUT2D eigenvalue weighted by atomic mass is 32.1. The monoisotopic (exact) mass is 240 g/mol. The summed E-state index contributed by atoms with van der Waals surface area (Å²) in [7, 11) is 1.72. The summed E-state index contributed by atoms with van der Waals surface area (Å²) in [5, 5.41) is 6.74. The quantitative estimate of drug-likeness (QED) is 0.637. The zero-order chi connectivity index (χ0) is 11.7. The lowest BCUT2D eigenvalue weighted by Crippen LogP contribution is -1.88. The number of rotatable bonds is 2. The van der Waals surface area contributed by atoms with Crippen LogP contribution in [0.1, 0.15) is 0 Å². The van der Waals surface area contributed by atoms with Crippen LogP contribution in [0.3, 0.4) is 0 Å². The third kappa shape index (κ3) is 1.71. The summed E-state index contributed by atoms with van der Waals surface area (Å²) in [5.41, 5.74) is 2.41. The first-order chi connectivity index (χ1) is 8.40. The van der Waals surface area contributed by atoms with Crippen LogP contribution < -0.4 is 4.74 Å². The smallest absolute Gasteiger partial charge is 0.127 e. The lowest BCUT2D eigenvalue weighted by molar-refractivity contribution is 0.417. The Balaban J connectivity index is 2.39. The van der Waals surface area contributed by atoms with E-state index in [2.05, 4.69) is 47.2 Å². The molecule has 1 nitrogen and oxygen atoms in total. The van der Waals surface area contributed by atoms with Crippen molar-refractivity contribution in [2.45, 2.75) is 0 Å². The van der Waals surface area contributed by atoms with Crippen LogP contribution in [0.15, 0.2) is 53.2 Å². The van der Waals surface area contributed by atoms with Crippen molar-refractivity contribution in [1.82, 2.24) is 0 Å². The van der Waals surface area contributed by atoms with E-state index in [4.69, 9.17) is 4.74 Å². The Morgan fingerprint density at radius 3 is 2.65 bits per heavy atom. The van der Waals surface area contributed by atoms with E-state index in [0.717, 1.165) is 5.75 Å². The lowest BCUT2D eigenvalue weighted by atomic mass is 9.99. The second kappa shape index (κ2) is 4.22. The number of hydrogen-bond donors (Lipinski definition) is 0. The van der Waals surface area contributed by atoms with E-state index in [9.17, 15) is 0 Å². The molecule has 0 aliphatic carbocycles. The molecule has 0 radical (unpaired) electrons. The summed E-state index contributed by atoms with van der Waals surface area (Å²) >= 11 is 1.71. The third-order valence-corrected chi connectivity index (χ3v) is 3.60. The summed E-state index contributed by atoms with van der Waals surface area (Å²) in [6.45, 7) is 0. The molecule has 0 saturated carbocycles. The van der Waals surface area contributed by atoms with Gasteiger partial charge in [0.2, 0.25) is 0 Å². The van der Waals surface area contributed by atoms with Gasteiger partial charge in [-0.1, -0.05) is 30.3 Å². The summed E-state index contributed by atoms with van der Waals surface area (Å²) in [6, 6.07) is 14.7. The second-order valence-corrected chi connectivity index (χ2v) is 4.66. The van der Waals surface area contributed by atoms with Crippen LogP contribution in [0.2, 0.25) is 0 Å². The number of benzene rings is 2. The molecule has 3 aromatic rings. The largest absolute Gasteiger partial charge is 0.496 e. The van der Waals surface area contributed by atoms with Crippen LogP contribution in [0.25, 0.3) is 21.9 Å². The summed E-state index contributed by atoms with van der Waals surface area (Å²) in [4.78, 5) is 0. The summed E-state index contributed by atoms with van der Waals surface area (Å²) < 4.78 is 5.48. The highest BCUT2D eigenvalue weighted by molar-refractivity contribution is 7.08. The van der Waals surface area contributed by atoms with Gasteiger partial charge < -0.3 is 4.74 Å². The first kappa shape index (κ1) is 10.4. The molecular formula is C15H12OS. The van der Waals surface area contributed by atoms with E-state index < -0.39 is 0 Å². The van der Waals surface area contributed by atoms with Crippen molar-refractivity contribution in [3.63, 3.8) is 0 Å². The van der Waals surface area contributed by atoms with Gasteiger partial charge in [-0.05, 0) is 39.2 Å². The van der Waals surface area contributed by atoms with E-state index in [1.807, 2.05) is 6.07 Å². The molecule has 0 aliphatic rings. The highest BCUT2D eigenvalue weighted by Gasteiger charge is 2.10. The zero-order valence-corrected chi connectivity index (χ0v) is 10.3. The average Bonchev–Trinajstić information content (AvgIpc) is 2.91. The Kier molecular flexibility index (Phi) is 2.57. The summed E-state index contributed by atoms with van der Waals surface area (Å²) in [6.07, 6.45) is 0. The van der Waals surface area contributed by atoms with Gasteiger partial charge in [-0.15, -0.1) is 0 Å². The molecular weight excluding hydrogens is 228 g/mol. The maximum Gasteiger partial charge on any atom is 0.127 e. The normalized spacial score (nSPS) is 10.6. The van der Waals surface area contributed by atoms with Crippen LogP contribution in [-0.4, -0.2) is 7.11 Å². The topological polar surface area (TPSA) is 9.23 Å². The molecule has 0 atom stereocenters. The predicted molar refractivity (Wildman–Crippen MR) is 73.8 cm³/mol. The maximum absolute atomic E-state index is 5.48. The molecule has 2 aromatic carbocycles. The molecule has 17 heavy (non-hydrogen) atoms. The molecule has 1 heterocycles. The minimum absolute atomic E-state index is 0.932. The number of methoxy groups -OCH3 is 1. The van der Waals surface area contributed by atoms with Crippen molar-refractivity contribution in [2.75, 3.05) is 7.11 Å². The molecule has 1 aromatic heterocycles. The Morgan fingerprint density at radius 2 is 1.88 bits per heavy atom. The van der Waals surface area contributed by atoms with Gasteiger partial charge >= 0.3 is 0 Å². The van der Waals surface area contributed by atoms with Gasteiger partial charge in [-0.3, -0.25) is 0 Å². The number of thiophene rings is 1. The van der Waals surface area contributed by atoms with E-state index >= 15 is 0 Å². The van der Waals surface area contributed by atoms with Crippen LogP contribution in [0.5, 0.6) is 5.75 Å². The van der Waals surface area contributed by atoms with Crippen molar-refractivity contribution >= 4 is 22.1 Å². The molecule has 0 fully saturated rings. The van der Waals surface area contributed by atoms with Crippen molar-refractivity contribution in [3.05, 3.63) is 53.2 Å². The third-order valence-electron chi connectivity index (χ3n) is 2.92. The fourth-order valence-corrected chi connectivity index (χ4v) is 2.77. The zero-order valence-electron chi connectivity index (χ0n) is 9.51. The van der Waals surface area contributed by atoms with Gasteiger partial charge in [0.15, 0.2) is 0 Å². The van der Waals surface area contributed by atoms with Gasteiger partial charge in [0.25, 0.3) is 0 Å². The number of ether oxygens (including phenoxy) is 1. The van der Waals surface area contributed by atoms with Gasteiger partial charge in [0, 0.05) is 5.56 Å². The van der Waals surface area contributed by atoms with Gasteiger partial charge in [-0.25, -0.2) is 0 Å². The van der Waals surface area contributed by atoms with Crippen molar-refractivity contribution in [2.24, 2.45) is 0 Å². The SMILES string of the molecule is COc1ccc2ccccc2c1-c1ccsc1. The second-order valence-electron chi connectivity index (χ2n) is 3.88. The fraction of sp³-hybridized carbons (Fsp3) is 0.0667. The van der Waals surface area contributed by atoms with Crippen LogP contribution in [-0.2, 0) is 0 Å². The van der Waals surface area contributed by atoms with Crippen LogP contribution >= 0.6 is 11.3 Å². The number of hydrogen-bond acceptors (Lipinski definition) is 2. The molecule has 0 aliphatic heterocycles. The minimum atomic E-state index is 0.932. The standard InChI is InChI=1S/C15H12OS/c1-16-14-7-6-11-4-2-3-5-13(11)15(14)12-8-9-17-10-12/h2-10H,1H3. The van der Waals surface area contributed by atoms with Gasteiger partial charge in [-0.2, -0.15) is 11.3 Å². The van der Waals surface area contributed by atoms with Crippen molar-refractivity contribution in [3.8, 4) is 16.9 Å². The van der Waals surface area contributed by atoms with Crippen molar-refractivity contribution < 1.29 is 4.74 Å². The molecule has 0 spiro atoms. The summed E-state index contributed by atoms with van der Waals surface area (Å²) in [5.74, 6) is 0.932. The van der Waals surface area contributed by atoms with E-state index in [1.165, 1.54) is 21.9 Å². The van der Waals surface area contributed by atoms with Gasteiger partial charge in [0.05, 0.1) is 7.11 Å². The van der Waals surface area contributed by atoms with Crippen molar-refractivity contribution in [1.29, 1.82) is 0 Å². The molecule has 0 saturated heterocycles. The lowest BCUT2D eigenvalue weighted by Gasteiger charge is -2.10. The number of fused-ring (bicyclic) bond motifs is 1. The molecule has 2 heteroatoms. The Morgan fingerprint density at radius 1 is 1.00 bits per heavy atom. The Labute approximate surface area is 104 Å². The molecule has 84 valence electrons. The van der Waals surface area contributed by atoms with E-state index in [1.54, 1.807) is 18.4 Å². The minimum Gasteiger partial charge on any atom is -0.496 e. The molecule has 0 bridgehead atoms. The van der Waals surface area contributed by atoms with E-state index in [0.29, 0.717) is 0 Å². The first-order valence-corrected chi connectivity index (χ1v) is 6.43. The Bertz CT molecular complexity index is 641. The average molecular weight is 240 g/mol. The molecule has 0 unspecified atom stereocenters. The van der Waals surface area contributed by atoms with Crippen LogP contribution in [0, 0.1) is 0 Å².